The summed E-state index contributed by atoms with van der Waals surface area (Å²) in [5.41, 5.74) is -0.425. The molecule has 0 amide bonds. The molecule has 0 saturated heterocycles. The molecule has 1 N–H and O–H groups in total. The van der Waals surface area contributed by atoms with Crippen LogP contribution < -0.4 is 0 Å². The van der Waals surface area contributed by atoms with Gasteiger partial charge in [-0.05, 0) is 29.6 Å². The van der Waals surface area contributed by atoms with Crippen molar-refractivity contribution in [1.82, 2.24) is 9.97 Å². The number of H-pyrrole nitrogens is 1. The number of rotatable bonds is 4. The maximum atomic E-state index is 12.5. The zero-order valence-electron chi connectivity index (χ0n) is 13.9. The van der Waals surface area contributed by atoms with Crippen LogP contribution in [0.3, 0.4) is 0 Å². The number of halogens is 3. The molecule has 0 saturated carbocycles. The molecule has 0 aliphatic carbocycles. The van der Waals surface area contributed by atoms with E-state index in [2.05, 4.69) is 51.5 Å². The highest BCUT2D eigenvalue weighted by molar-refractivity contribution is 5.05. The lowest BCUT2D eigenvalue weighted by molar-refractivity contribution is -0.140. The van der Waals surface area contributed by atoms with Crippen molar-refractivity contribution in [3.8, 4) is 0 Å². The first kappa shape index (κ1) is 18.1. The van der Waals surface area contributed by atoms with Crippen LogP contribution in [-0.2, 0) is 12.6 Å². The van der Waals surface area contributed by atoms with Crippen LogP contribution in [0.2, 0.25) is 0 Å². The van der Waals surface area contributed by atoms with Crippen molar-refractivity contribution in [3.05, 3.63) is 17.7 Å². The third-order valence-corrected chi connectivity index (χ3v) is 3.75. The molecule has 0 fully saturated rings. The molecule has 1 aromatic heterocycles. The molecule has 2 nitrogen and oxygen atoms in total. The van der Waals surface area contributed by atoms with E-state index in [1.165, 1.54) is 0 Å². The van der Waals surface area contributed by atoms with E-state index in [4.69, 9.17) is 0 Å². The summed E-state index contributed by atoms with van der Waals surface area (Å²) in [6.07, 6.45) is -1.03. The molecule has 0 aromatic carbocycles. The molecule has 1 rings (SSSR count). The Morgan fingerprint density at radius 3 is 2.05 bits per heavy atom. The molecule has 21 heavy (non-hydrogen) atoms. The van der Waals surface area contributed by atoms with Crippen LogP contribution in [0.25, 0.3) is 0 Å². The quantitative estimate of drug-likeness (QED) is 0.786. The van der Waals surface area contributed by atoms with Crippen LogP contribution in [0, 0.1) is 16.7 Å². The minimum atomic E-state index is -4.35. The van der Waals surface area contributed by atoms with Crippen molar-refractivity contribution in [2.24, 2.45) is 16.7 Å². The smallest absolute Gasteiger partial charge is 0.338 e. The number of hydrogen-bond acceptors (Lipinski definition) is 1. The Balaban J connectivity index is 2.71. The van der Waals surface area contributed by atoms with Crippen LogP contribution in [-0.4, -0.2) is 9.97 Å². The molecule has 1 aromatic rings. The number of aromatic nitrogens is 2. The highest BCUT2D eigenvalue weighted by Crippen LogP contribution is 2.38. The van der Waals surface area contributed by atoms with Gasteiger partial charge in [-0.1, -0.05) is 41.5 Å². The fraction of sp³-hybridized carbons (Fsp3) is 0.812. The average molecular weight is 304 g/mol. The molecule has 1 atom stereocenters. The van der Waals surface area contributed by atoms with Crippen molar-refractivity contribution in [1.29, 1.82) is 0 Å². The van der Waals surface area contributed by atoms with Crippen molar-refractivity contribution < 1.29 is 13.2 Å². The van der Waals surface area contributed by atoms with Crippen molar-refractivity contribution >= 4 is 0 Å². The average Bonchev–Trinajstić information content (AvgIpc) is 2.69. The summed E-state index contributed by atoms with van der Waals surface area (Å²) < 4.78 is 37.6. The molecule has 122 valence electrons. The van der Waals surface area contributed by atoms with Crippen LogP contribution >= 0.6 is 0 Å². The maximum absolute atomic E-state index is 12.5. The van der Waals surface area contributed by atoms with Gasteiger partial charge in [0.25, 0.3) is 0 Å². The minimum absolute atomic E-state index is 0.132. The Kier molecular flexibility index (Phi) is 5.17. The van der Waals surface area contributed by atoms with E-state index >= 15 is 0 Å². The maximum Gasteiger partial charge on any atom is 0.432 e. The Labute approximate surface area is 125 Å². The monoisotopic (exact) mass is 304 g/mol. The summed E-state index contributed by atoms with van der Waals surface area (Å²) in [5.74, 6) is 0.863. The predicted molar refractivity (Wildman–Crippen MR) is 78.9 cm³/mol. The molecule has 0 bridgehead atoms. The van der Waals surface area contributed by atoms with Crippen LogP contribution in [0.15, 0.2) is 6.20 Å². The SMILES string of the molecule is CC(C)(C)CC(CCc1ncc(C(F)(F)F)[nH]1)C(C)(C)C. The van der Waals surface area contributed by atoms with Crippen LogP contribution in [0.1, 0.15) is 65.9 Å². The Bertz CT molecular complexity index is 447. The molecule has 0 aliphatic rings. The first-order valence-electron chi connectivity index (χ1n) is 7.40. The normalized spacial score (nSPS) is 15.3. The van der Waals surface area contributed by atoms with Gasteiger partial charge in [0, 0.05) is 6.42 Å². The highest BCUT2D eigenvalue weighted by Gasteiger charge is 2.33. The molecule has 1 heterocycles. The van der Waals surface area contributed by atoms with Crippen molar-refractivity contribution in [2.45, 2.75) is 67.0 Å². The van der Waals surface area contributed by atoms with Crippen LogP contribution in [0.4, 0.5) is 13.2 Å². The van der Waals surface area contributed by atoms with Gasteiger partial charge in [-0.25, -0.2) is 4.98 Å². The van der Waals surface area contributed by atoms with Gasteiger partial charge in [-0.15, -0.1) is 0 Å². The number of alkyl halides is 3. The Hall–Kier alpha value is -1.00. The van der Waals surface area contributed by atoms with E-state index in [0.717, 1.165) is 19.0 Å². The molecule has 0 radical (unpaired) electrons. The fourth-order valence-corrected chi connectivity index (χ4v) is 2.52. The third kappa shape index (κ3) is 6.10. The highest BCUT2D eigenvalue weighted by atomic mass is 19.4. The molecule has 0 aliphatic heterocycles. The summed E-state index contributed by atoms with van der Waals surface area (Å²) in [6.45, 7) is 13.1. The molecule has 5 heteroatoms. The largest absolute Gasteiger partial charge is 0.432 e. The number of nitrogens with one attached hydrogen (secondary N) is 1. The topological polar surface area (TPSA) is 28.7 Å². The second-order valence-corrected chi connectivity index (χ2v) is 8.11. The van der Waals surface area contributed by atoms with Crippen molar-refractivity contribution in [3.63, 3.8) is 0 Å². The van der Waals surface area contributed by atoms with E-state index in [1.807, 2.05) is 0 Å². The third-order valence-electron chi connectivity index (χ3n) is 3.75. The lowest BCUT2D eigenvalue weighted by Gasteiger charge is -2.35. The van der Waals surface area contributed by atoms with Crippen molar-refractivity contribution in [2.75, 3.05) is 0 Å². The molecule has 0 spiro atoms. The molecule has 1 unspecified atom stereocenters. The van der Waals surface area contributed by atoms with E-state index in [9.17, 15) is 13.2 Å². The van der Waals surface area contributed by atoms with Gasteiger partial charge in [0.05, 0.1) is 6.20 Å². The summed E-state index contributed by atoms with van der Waals surface area (Å²) in [7, 11) is 0. The zero-order chi connectivity index (χ0) is 16.5. The second-order valence-electron chi connectivity index (χ2n) is 8.11. The summed E-state index contributed by atoms with van der Waals surface area (Å²) >= 11 is 0. The Morgan fingerprint density at radius 2 is 1.67 bits per heavy atom. The van der Waals surface area contributed by atoms with Gasteiger partial charge < -0.3 is 4.98 Å². The van der Waals surface area contributed by atoms with Gasteiger partial charge >= 0.3 is 6.18 Å². The molecular weight excluding hydrogens is 277 g/mol. The van der Waals surface area contributed by atoms with Gasteiger partial charge in [-0.2, -0.15) is 13.2 Å². The first-order chi connectivity index (χ1) is 9.29. The van der Waals surface area contributed by atoms with E-state index in [1.54, 1.807) is 0 Å². The lowest BCUT2D eigenvalue weighted by Crippen LogP contribution is -2.26. The van der Waals surface area contributed by atoms with Gasteiger partial charge in [-0.3, -0.25) is 0 Å². The minimum Gasteiger partial charge on any atom is -0.338 e. The van der Waals surface area contributed by atoms with Gasteiger partial charge in [0.1, 0.15) is 11.5 Å². The number of hydrogen-bond donors (Lipinski definition) is 1. The predicted octanol–water partition coefficient (Wildman–Crippen LogP) is 5.46. The van der Waals surface area contributed by atoms with E-state index in [0.29, 0.717) is 18.2 Å². The van der Waals surface area contributed by atoms with Gasteiger partial charge in [0.2, 0.25) is 0 Å². The number of imidazole rings is 1. The van der Waals surface area contributed by atoms with E-state index < -0.39 is 11.9 Å². The first-order valence-corrected chi connectivity index (χ1v) is 7.40. The fourth-order valence-electron chi connectivity index (χ4n) is 2.52. The standard InChI is InChI=1S/C16H27F3N2/c1-14(2,3)9-11(15(4,5)6)7-8-13-20-10-12(21-13)16(17,18)19/h10-11H,7-9H2,1-6H3,(H,20,21). The molecular formula is C16H27F3N2. The zero-order valence-corrected chi connectivity index (χ0v) is 13.9. The van der Waals surface area contributed by atoms with E-state index in [-0.39, 0.29) is 10.8 Å². The summed E-state index contributed by atoms with van der Waals surface area (Å²) in [4.78, 5) is 6.24. The number of nitrogens with zero attached hydrogens (tertiary/aromatic N) is 1. The number of aryl methyl sites for hydroxylation is 1. The summed E-state index contributed by atoms with van der Waals surface area (Å²) in [6, 6.07) is 0. The van der Waals surface area contributed by atoms with Crippen LogP contribution in [0.5, 0.6) is 0 Å². The van der Waals surface area contributed by atoms with Gasteiger partial charge in [0.15, 0.2) is 0 Å². The number of aromatic amines is 1. The second kappa shape index (κ2) is 6.01. The Morgan fingerprint density at radius 1 is 1.10 bits per heavy atom. The lowest BCUT2D eigenvalue weighted by atomic mass is 9.70. The summed E-state index contributed by atoms with van der Waals surface area (Å²) in [5, 5.41) is 0.